The number of esters is 1. The standard InChI is InChI=1S/C21H24N2O7S/c1-23(2)31(27,28)16-9-11-19(29-3)17(13-16)22-20(25)14-30-21(26)12-10-18(24)15-7-5-4-6-8-15/h4-9,11,13H,10,12,14H2,1-3H3,(H,22,25). The van der Waals surface area contributed by atoms with Crippen molar-refractivity contribution in [2.75, 3.05) is 33.1 Å². The Labute approximate surface area is 181 Å². The van der Waals surface area contributed by atoms with Crippen LogP contribution in [0.15, 0.2) is 53.4 Å². The van der Waals surface area contributed by atoms with E-state index in [1.807, 2.05) is 0 Å². The van der Waals surface area contributed by atoms with Crippen molar-refractivity contribution in [1.29, 1.82) is 0 Å². The summed E-state index contributed by atoms with van der Waals surface area (Å²) < 4.78 is 35.7. The van der Waals surface area contributed by atoms with Crippen molar-refractivity contribution in [2.24, 2.45) is 0 Å². The molecule has 2 rings (SSSR count). The molecule has 1 amide bonds. The van der Waals surface area contributed by atoms with Crippen molar-refractivity contribution >= 4 is 33.4 Å². The van der Waals surface area contributed by atoms with Gasteiger partial charge in [-0.1, -0.05) is 30.3 Å². The average Bonchev–Trinajstić information content (AvgIpc) is 2.76. The van der Waals surface area contributed by atoms with Crippen LogP contribution in [0.4, 0.5) is 5.69 Å². The Balaban J connectivity index is 1.93. The first-order chi connectivity index (χ1) is 14.6. The normalized spacial score (nSPS) is 11.1. The second-order valence-corrected chi connectivity index (χ2v) is 8.80. The van der Waals surface area contributed by atoms with E-state index >= 15 is 0 Å². The molecule has 0 aliphatic carbocycles. The summed E-state index contributed by atoms with van der Waals surface area (Å²) in [5.41, 5.74) is 0.610. The highest BCUT2D eigenvalue weighted by Gasteiger charge is 2.20. The number of nitrogens with one attached hydrogen (secondary N) is 1. The zero-order valence-corrected chi connectivity index (χ0v) is 18.3. The Morgan fingerprint density at radius 1 is 1.00 bits per heavy atom. The first-order valence-electron chi connectivity index (χ1n) is 9.29. The van der Waals surface area contributed by atoms with E-state index in [0.717, 1.165) is 4.31 Å². The summed E-state index contributed by atoms with van der Waals surface area (Å²) >= 11 is 0. The number of anilines is 1. The predicted octanol–water partition coefficient (Wildman–Crippen LogP) is 2.09. The van der Waals surface area contributed by atoms with Gasteiger partial charge >= 0.3 is 5.97 Å². The van der Waals surface area contributed by atoms with Gasteiger partial charge in [0.05, 0.1) is 24.1 Å². The third-order valence-electron chi connectivity index (χ3n) is 4.24. The highest BCUT2D eigenvalue weighted by Crippen LogP contribution is 2.28. The Morgan fingerprint density at radius 3 is 2.29 bits per heavy atom. The number of benzene rings is 2. The molecule has 0 aliphatic rings. The van der Waals surface area contributed by atoms with Crippen LogP contribution in [0.5, 0.6) is 5.75 Å². The lowest BCUT2D eigenvalue weighted by molar-refractivity contribution is -0.147. The van der Waals surface area contributed by atoms with Crippen molar-refractivity contribution in [1.82, 2.24) is 4.31 Å². The summed E-state index contributed by atoms with van der Waals surface area (Å²) in [6.07, 6.45) is -0.205. The molecule has 2 aromatic carbocycles. The molecule has 0 unspecified atom stereocenters. The van der Waals surface area contributed by atoms with E-state index in [1.54, 1.807) is 30.3 Å². The number of hydrogen-bond acceptors (Lipinski definition) is 7. The maximum absolute atomic E-state index is 12.3. The van der Waals surface area contributed by atoms with E-state index in [4.69, 9.17) is 9.47 Å². The van der Waals surface area contributed by atoms with Crippen molar-refractivity contribution in [3.8, 4) is 5.75 Å². The van der Waals surface area contributed by atoms with Gasteiger partial charge in [0.25, 0.3) is 5.91 Å². The molecule has 1 N–H and O–H groups in total. The summed E-state index contributed by atoms with van der Waals surface area (Å²) in [5, 5.41) is 2.47. The minimum atomic E-state index is -3.72. The molecule has 9 nitrogen and oxygen atoms in total. The van der Waals surface area contributed by atoms with Crippen LogP contribution < -0.4 is 10.1 Å². The van der Waals surface area contributed by atoms with Gasteiger partial charge in [0.1, 0.15) is 5.75 Å². The third-order valence-corrected chi connectivity index (χ3v) is 6.05. The number of carbonyl (C=O) groups excluding carboxylic acids is 3. The molecule has 0 heterocycles. The minimum absolute atomic E-state index is 0.0370. The van der Waals surface area contributed by atoms with Crippen LogP contribution in [0.1, 0.15) is 23.2 Å². The fourth-order valence-corrected chi connectivity index (χ4v) is 3.47. The largest absolute Gasteiger partial charge is 0.495 e. The molecule has 0 saturated heterocycles. The number of Topliss-reactive ketones (excluding diaryl/α,β-unsaturated/α-hetero) is 1. The Morgan fingerprint density at radius 2 is 1.68 bits per heavy atom. The first-order valence-corrected chi connectivity index (χ1v) is 10.7. The molecular formula is C21H24N2O7S. The van der Waals surface area contributed by atoms with E-state index in [9.17, 15) is 22.8 Å². The van der Waals surface area contributed by atoms with Crippen LogP contribution in [-0.4, -0.2) is 58.2 Å². The van der Waals surface area contributed by atoms with Gasteiger partial charge < -0.3 is 14.8 Å². The highest BCUT2D eigenvalue weighted by molar-refractivity contribution is 7.89. The number of sulfonamides is 1. The second-order valence-electron chi connectivity index (χ2n) is 6.65. The summed E-state index contributed by atoms with van der Waals surface area (Å²) in [6, 6.07) is 12.6. The van der Waals surface area contributed by atoms with Crippen molar-refractivity contribution in [2.45, 2.75) is 17.7 Å². The first kappa shape index (κ1) is 24.0. The van der Waals surface area contributed by atoms with Crippen LogP contribution >= 0.6 is 0 Å². The summed E-state index contributed by atoms with van der Waals surface area (Å²) in [6.45, 7) is -0.591. The zero-order chi connectivity index (χ0) is 23.0. The fourth-order valence-electron chi connectivity index (χ4n) is 2.54. The van der Waals surface area contributed by atoms with Gasteiger partial charge in [-0.05, 0) is 18.2 Å². The van der Waals surface area contributed by atoms with Crippen molar-refractivity contribution in [3.63, 3.8) is 0 Å². The Bertz CT molecular complexity index is 1050. The van der Waals surface area contributed by atoms with Crippen LogP contribution in [0, 0.1) is 0 Å². The monoisotopic (exact) mass is 448 g/mol. The highest BCUT2D eigenvalue weighted by atomic mass is 32.2. The van der Waals surface area contributed by atoms with E-state index in [1.165, 1.54) is 39.4 Å². The van der Waals surface area contributed by atoms with Gasteiger partial charge in [0, 0.05) is 26.1 Å². The van der Waals surface area contributed by atoms with Crippen LogP contribution in [0.25, 0.3) is 0 Å². The topological polar surface area (TPSA) is 119 Å². The molecule has 0 saturated carbocycles. The molecule has 2 aromatic rings. The number of nitrogens with zero attached hydrogens (tertiary/aromatic N) is 1. The molecular weight excluding hydrogens is 424 g/mol. The Hall–Kier alpha value is -3.24. The SMILES string of the molecule is COc1ccc(S(=O)(=O)N(C)C)cc1NC(=O)COC(=O)CCC(=O)c1ccccc1. The van der Waals surface area contributed by atoms with Crippen LogP contribution in [-0.2, 0) is 24.3 Å². The lowest BCUT2D eigenvalue weighted by Gasteiger charge is -2.15. The third kappa shape index (κ3) is 6.63. The van der Waals surface area contributed by atoms with Gasteiger partial charge in [0.2, 0.25) is 10.0 Å². The number of rotatable bonds is 10. The van der Waals surface area contributed by atoms with Crippen LogP contribution in [0.3, 0.4) is 0 Å². The number of ether oxygens (including phenoxy) is 2. The summed E-state index contributed by atoms with van der Waals surface area (Å²) in [5.74, 6) is -1.34. The van der Waals surface area contributed by atoms with Crippen molar-refractivity contribution < 1.29 is 32.3 Å². The maximum Gasteiger partial charge on any atom is 0.306 e. The van der Waals surface area contributed by atoms with E-state index < -0.39 is 28.5 Å². The molecule has 31 heavy (non-hydrogen) atoms. The number of hydrogen-bond donors (Lipinski definition) is 1. The van der Waals surface area contributed by atoms with Crippen molar-refractivity contribution in [3.05, 3.63) is 54.1 Å². The van der Waals surface area contributed by atoms with E-state index in [-0.39, 0.29) is 35.0 Å². The zero-order valence-electron chi connectivity index (χ0n) is 17.5. The lowest BCUT2D eigenvalue weighted by Crippen LogP contribution is -2.23. The van der Waals surface area contributed by atoms with Gasteiger partial charge in [0.15, 0.2) is 12.4 Å². The lowest BCUT2D eigenvalue weighted by atomic mass is 10.1. The van der Waals surface area contributed by atoms with E-state index in [2.05, 4.69) is 5.32 Å². The number of carbonyl (C=O) groups is 3. The van der Waals surface area contributed by atoms with Gasteiger partial charge in [-0.2, -0.15) is 0 Å². The molecule has 0 radical (unpaired) electrons. The maximum atomic E-state index is 12.3. The smallest absolute Gasteiger partial charge is 0.306 e. The summed E-state index contributed by atoms with van der Waals surface area (Å²) in [7, 11) is 0.432. The molecule has 10 heteroatoms. The molecule has 0 aliphatic heterocycles. The number of ketones is 1. The molecule has 0 atom stereocenters. The van der Waals surface area contributed by atoms with Gasteiger partial charge in [-0.25, -0.2) is 12.7 Å². The minimum Gasteiger partial charge on any atom is -0.495 e. The predicted molar refractivity (Wildman–Crippen MR) is 113 cm³/mol. The average molecular weight is 448 g/mol. The van der Waals surface area contributed by atoms with Crippen LogP contribution in [0.2, 0.25) is 0 Å². The summed E-state index contributed by atoms with van der Waals surface area (Å²) in [4.78, 5) is 36.0. The van der Waals surface area contributed by atoms with Gasteiger partial charge in [-0.15, -0.1) is 0 Å². The molecule has 0 aromatic heterocycles. The quantitative estimate of drug-likeness (QED) is 0.437. The van der Waals surface area contributed by atoms with Gasteiger partial charge in [-0.3, -0.25) is 14.4 Å². The Kier molecular flexibility index (Phi) is 8.29. The number of methoxy groups -OCH3 is 1. The van der Waals surface area contributed by atoms with E-state index in [0.29, 0.717) is 5.56 Å². The molecule has 0 bridgehead atoms. The fraction of sp³-hybridized carbons (Fsp3) is 0.286. The number of amides is 1. The molecule has 0 spiro atoms. The molecule has 166 valence electrons. The molecule has 0 fully saturated rings. The second kappa shape index (κ2) is 10.7.